The second-order valence-corrected chi connectivity index (χ2v) is 4.19. The zero-order chi connectivity index (χ0) is 11.2. The van der Waals surface area contributed by atoms with E-state index in [1.807, 2.05) is 6.92 Å². The van der Waals surface area contributed by atoms with Gasteiger partial charge in [0.1, 0.15) is 23.5 Å². The molecular formula is C11H14O4. The van der Waals surface area contributed by atoms with Gasteiger partial charge >= 0.3 is 5.97 Å². The van der Waals surface area contributed by atoms with Gasteiger partial charge in [-0.3, -0.25) is 4.79 Å². The molecule has 0 spiro atoms. The van der Waals surface area contributed by atoms with Crippen molar-refractivity contribution in [3.8, 4) is 0 Å². The quantitative estimate of drug-likeness (QED) is 0.445. The summed E-state index contributed by atoms with van der Waals surface area (Å²) in [4.78, 5) is 23.4. The van der Waals surface area contributed by atoms with Crippen molar-refractivity contribution >= 4 is 11.8 Å². The molecule has 4 nitrogen and oxygen atoms in total. The van der Waals surface area contributed by atoms with E-state index in [0.29, 0.717) is 12.2 Å². The van der Waals surface area contributed by atoms with Crippen LogP contribution < -0.4 is 0 Å². The Morgan fingerprint density at radius 2 is 1.80 bits per heavy atom. The molecule has 4 heteroatoms. The summed E-state index contributed by atoms with van der Waals surface area (Å²) in [5, 5.41) is 0. The molecule has 3 unspecified atom stereocenters. The van der Waals surface area contributed by atoms with Crippen molar-refractivity contribution in [2.24, 2.45) is 5.92 Å². The zero-order valence-electron chi connectivity index (χ0n) is 9.07. The molecule has 0 radical (unpaired) electrons. The Kier molecular flexibility index (Phi) is 2.29. The number of hydrogen-bond donors (Lipinski definition) is 0. The van der Waals surface area contributed by atoms with E-state index < -0.39 is 5.97 Å². The highest BCUT2D eigenvalue weighted by atomic mass is 16.6. The molecule has 0 fully saturated rings. The highest BCUT2D eigenvalue weighted by Gasteiger charge is 2.41. The van der Waals surface area contributed by atoms with E-state index in [4.69, 9.17) is 9.47 Å². The van der Waals surface area contributed by atoms with Gasteiger partial charge in [-0.25, -0.2) is 4.79 Å². The van der Waals surface area contributed by atoms with E-state index in [0.717, 1.165) is 0 Å². The fraction of sp³-hybridized carbons (Fsp3) is 0.636. The molecule has 0 aromatic heterocycles. The summed E-state index contributed by atoms with van der Waals surface area (Å²) in [6.45, 7) is 5.40. The average Bonchev–Trinajstić information content (AvgIpc) is 2.13. The molecule has 0 aliphatic carbocycles. The van der Waals surface area contributed by atoms with Crippen LogP contribution in [0.15, 0.2) is 11.3 Å². The summed E-state index contributed by atoms with van der Waals surface area (Å²) in [7, 11) is 0. The monoisotopic (exact) mass is 210 g/mol. The lowest BCUT2D eigenvalue weighted by atomic mass is 9.89. The predicted octanol–water partition coefficient (Wildman–Crippen LogP) is 1.20. The molecule has 2 rings (SSSR count). The van der Waals surface area contributed by atoms with Crippen LogP contribution in [-0.2, 0) is 19.1 Å². The molecule has 3 atom stereocenters. The van der Waals surface area contributed by atoms with Crippen LogP contribution in [0, 0.1) is 5.92 Å². The Balaban J connectivity index is 2.41. The van der Waals surface area contributed by atoms with Crippen LogP contribution in [0.4, 0.5) is 0 Å². The van der Waals surface area contributed by atoms with Crippen molar-refractivity contribution in [2.75, 3.05) is 0 Å². The van der Waals surface area contributed by atoms with Gasteiger partial charge in [-0.05, 0) is 13.8 Å². The Morgan fingerprint density at radius 1 is 1.13 bits per heavy atom. The maximum atomic E-state index is 11.8. The lowest BCUT2D eigenvalue weighted by Crippen LogP contribution is -2.40. The molecule has 82 valence electrons. The van der Waals surface area contributed by atoms with Gasteiger partial charge in [0.15, 0.2) is 5.78 Å². The first-order valence-electron chi connectivity index (χ1n) is 5.15. The molecule has 0 saturated carbocycles. The highest BCUT2D eigenvalue weighted by Crippen LogP contribution is 2.32. The minimum absolute atomic E-state index is 0.124. The number of cyclic esters (lactones) is 1. The summed E-state index contributed by atoms with van der Waals surface area (Å²) in [5.41, 5.74) is 0.124. The Hall–Kier alpha value is -1.32. The van der Waals surface area contributed by atoms with Crippen molar-refractivity contribution in [1.29, 1.82) is 0 Å². The number of carbonyl (C=O) groups excluding carboxylic acids is 2. The molecular weight excluding hydrogens is 196 g/mol. The maximum absolute atomic E-state index is 11.8. The molecule has 0 N–H and O–H groups in total. The van der Waals surface area contributed by atoms with Crippen LogP contribution in [0.1, 0.15) is 27.2 Å². The molecule has 15 heavy (non-hydrogen) atoms. The molecule has 0 aromatic rings. The lowest BCUT2D eigenvalue weighted by Gasteiger charge is -2.33. The second-order valence-electron chi connectivity index (χ2n) is 4.19. The number of Topliss-reactive ketones (excluding diaryl/α,β-unsaturated/α-hetero) is 1. The summed E-state index contributed by atoms with van der Waals surface area (Å²) in [5.74, 6) is -0.452. The third-order valence-corrected chi connectivity index (χ3v) is 2.96. The highest BCUT2D eigenvalue weighted by molar-refractivity contribution is 6.19. The number of carbonyl (C=O) groups is 2. The Labute approximate surface area is 88.2 Å². The van der Waals surface area contributed by atoms with Crippen LogP contribution in [0.5, 0.6) is 0 Å². The third kappa shape index (κ3) is 1.54. The van der Waals surface area contributed by atoms with Crippen molar-refractivity contribution in [2.45, 2.75) is 39.4 Å². The number of hydrogen-bond acceptors (Lipinski definition) is 4. The smallest absolute Gasteiger partial charge is 0.345 e. The lowest BCUT2D eigenvalue weighted by molar-refractivity contribution is -0.150. The molecule has 0 saturated heterocycles. The fourth-order valence-corrected chi connectivity index (χ4v) is 1.87. The third-order valence-electron chi connectivity index (χ3n) is 2.96. The standard InChI is InChI=1S/C11H14O4/c1-5-4-8-9(11(13)14-5)10(12)6(2)7(3)15-8/h5-7H,4H2,1-3H3. The SMILES string of the molecule is CC1CC2=C(C(=O)O1)C(=O)C(C)C(C)O2. The van der Waals surface area contributed by atoms with E-state index in [-0.39, 0.29) is 29.5 Å². The van der Waals surface area contributed by atoms with Gasteiger partial charge in [0, 0.05) is 6.42 Å². The predicted molar refractivity (Wildman–Crippen MR) is 51.9 cm³/mol. The van der Waals surface area contributed by atoms with Crippen LogP contribution in [0.3, 0.4) is 0 Å². The van der Waals surface area contributed by atoms with Crippen LogP contribution in [0.2, 0.25) is 0 Å². The van der Waals surface area contributed by atoms with Crippen molar-refractivity contribution in [3.63, 3.8) is 0 Å². The summed E-state index contributed by atoms with van der Waals surface area (Å²) in [6.07, 6.45) is 0.142. The fourth-order valence-electron chi connectivity index (χ4n) is 1.87. The van der Waals surface area contributed by atoms with Gasteiger partial charge in [-0.15, -0.1) is 0 Å². The number of ketones is 1. The largest absolute Gasteiger partial charge is 0.493 e. The zero-order valence-corrected chi connectivity index (χ0v) is 9.07. The minimum Gasteiger partial charge on any atom is -0.493 e. The first kappa shape index (κ1) is 10.2. The van der Waals surface area contributed by atoms with E-state index >= 15 is 0 Å². The van der Waals surface area contributed by atoms with Crippen molar-refractivity contribution < 1.29 is 19.1 Å². The van der Waals surface area contributed by atoms with Gasteiger partial charge < -0.3 is 9.47 Å². The molecule has 2 aliphatic rings. The van der Waals surface area contributed by atoms with Gasteiger partial charge in [0.05, 0.1) is 5.92 Å². The second kappa shape index (κ2) is 3.36. The Morgan fingerprint density at radius 3 is 2.47 bits per heavy atom. The van der Waals surface area contributed by atoms with E-state index in [9.17, 15) is 9.59 Å². The van der Waals surface area contributed by atoms with E-state index in [1.54, 1.807) is 13.8 Å². The summed E-state index contributed by atoms with van der Waals surface area (Å²) >= 11 is 0. The number of rotatable bonds is 0. The van der Waals surface area contributed by atoms with Gasteiger partial charge in [0.25, 0.3) is 0 Å². The topological polar surface area (TPSA) is 52.6 Å². The van der Waals surface area contributed by atoms with Crippen LogP contribution in [-0.4, -0.2) is 24.0 Å². The van der Waals surface area contributed by atoms with Crippen LogP contribution >= 0.6 is 0 Å². The van der Waals surface area contributed by atoms with Gasteiger partial charge in [-0.2, -0.15) is 0 Å². The van der Waals surface area contributed by atoms with Gasteiger partial charge in [-0.1, -0.05) is 6.92 Å². The maximum Gasteiger partial charge on any atom is 0.345 e. The van der Waals surface area contributed by atoms with Crippen LogP contribution in [0.25, 0.3) is 0 Å². The molecule has 0 amide bonds. The van der Waals surface area contributed by atoms with Crippen molar-refractivity contribution in [3.05, 3.63) is 11.3 Å². The minimum atomic E-state index is -0.535. The number of esters is 1. The molecule has 0 bridgehead atoms. The molecule has 0 aromatic carbocycles. The normalized spacial score (nSPS) is 35.8. The number of ether oxygens (including phenoxy) is 2. The van der Waals surface area contributed by atoms with Crippen molar-refractivity contribution in [1.82, 2.24) is 0 Å². The average molecular weight is 210 g/mol. The summed E-state index contributed by atoms with van der Waals surface area (Å²) < 4.78 is 10.6. The van der Waals surface area contributed by atoms with Gasteiger partial charge in [0.2, 0.25) is 0 Å². The first-order chi connectivity index (χ1) is 7.00. The molecule has 2 heterocycles. The summed E-state index contributed by atoms with van der Waals surface area (Å²) in [6, 6.07) is 0. The molecule has 2 aliphatic heterocycles. The van der Waals surface area contributed by atoms with E-state index in [2.05, 4.69) is 0 Å². The Bertz CT molecular complexity index is 356. The van der Waals surface area contributed by atoms with E-state index in [1.165, 1.54) is 0 Å². The first-order valence-corrected chi connectivity index (χ1v) is 5.15.